The molecule has 0 unspecified atom stereocenters. The maximum atomic E-state index is 12.7. The highest BCUT2D eigenvalue weighted by Gasteiger charge is 2.27. The van der Waals surface area contributed by atoms with Crippen molar-refractivity contribution < 1.29 is 25.9 Å². The molecule has 0 amide bonds. The highest BCUT2D eigenvalue weighted by atomic mass is 32.2. The molecule has 51 heavy (non-hydrogen) atoms. The van der Waals surface area contributed by atoms with Gasteiger partial charge in [0, 0.05) is 68.2 Å². The number of nitrogens with one attached hydrogen (secondary N) is 2. The second kappa shape index (κ2) is 14.4. The van der Waals surface area contributed by atoms with E-state index in [9.17, 15) is 25.9 Å². The van der Waals surface area contributed by atoms with Crippen LogP contribution in [0.4, 0.5) is 34.1 Å². The van der Waals surface area contributed by atoms with E-state index in [1.54, 1.807) is 0 Å². The van der Waals surface area contributed by atoms with Gasteiger partial charge in [-0.3, -0.25) is 9.11 Å². The van der Waals surface area contributed by atoms with Crippen molar-refractivity contribution in [3.63, 3.8) is 0 Å². The molecule has 0 bridgehead atoms. The molecular formula is C39H44N4O6S2. The lowest BCUT2D eigenvalue weighted by atomic mass is 9.85. The Morgan fingerprint density at radius 1 is 0.529 bits per heavy atom. The SMILES string of the molecule is Cc1cc(N(C)C)cc(C)c1Nc1ccc(C(c2ccc(Nc3c(C)cc(N(C)C)cc3C)cc2)c2ccc(S(=O)(=O)O)cc2S(=O)(=O)O)cc1. The molecule has 0 atom stereocenters. The van der Waals surface area contributed by atoms with Gasteiger partial charge < -0.3 is 20.4 Å². The number of hydrogen-bond acceptors (Lipinski definition) is 8. The molecule has 0 saturated carbocycles. The van der Waals surface area contributed by atoms with Crippen LogP contribution in [0.2, 0.25) is 0 Å². The summed E-state index contributed by atoms with van der Waals surface area (Å²) in [6.07, 6.45) is 0. The maximum Gasteiger partial charge on any atom is 0.294 e. The van der Waals surface area contributed by atoms with E-state index < -0.39 is 35.9 Å². The van der Waals surface area contributed by atoms with Crippen LogP contribution < -0.4 is 20.4 Å². The average molecular weight is 729 g/mol. The van der Waals surface area contributed by atoms with E-state index in [0.29, 0.717) is 11.1 Å². The lowest BCUT2D eigenvalue weighted by molar-refractivity contribution is 0.480. The zero-order valence-electron chi connectivity index (χ0n) is 30.0. The van der Waals surface area contributed by atoms with Crippen LogP contribution in [-0.2, 0) is 20.2 Å². The van der Waals surface area contributed by atoms with Crippen LogP contribution >= 0.6 is 0 Å². The first-order valence-corrected chi connectivity index (χ1v) is 19.1. The zero-order valence-corrected chi connectivity index (χ0v) is 31.6. The van der Waals surface area contributed by atoms with E-state index in [0.717, 1.165) is 68.5 Å². The highest BCUT2D eigenvalue weighted by molar-refractivity contribution is 7.86. The van der Waals surface area contributed by atoms with Crippen molar-refractivity contribution in [1.29, 1.82) is 0 Å². The van der Waals surface area contributed by atoms with Crippen LogP contribution in [0, 0.1) is 27.7 Å². The Kier molecular flexibility index (Phi) is 10.5. The molecule has 0 fully saturated rings. The Hall–Kier alpha value is -4.88. The minimum Gasteiger partial charge on any atom is -0.378 e. The number of hydrogen-bond donors (Lipinski definition) is 4. The minimum absolute atomic E-state index is 0.142. The van der Waals surface area contributed by atoms with Crippen LogP contribution in [0.3, 0.4) is 0 Å². The van der Waals surface area contributed by atoms with Crippen LogP contribution in [0.5, 0.6) is 0 Å². The molecule has 0 aliphatic heterocycles. The molecule has 5 aromatic carbocycles. The summed E-state index contributed by atoms with van der Waals surface area (Å²) >= 11 is 0. The molecule has 0 aliphatic rings. The van der Waals surface area contributed by atoms with Gasteiger partial charge in [0.25, 0.3) is 20.2 Å². The van der Waals surface area contributed by atoms with Gasteiger partial charge in [0.05, 0.1) is 9.79 Å². The summed E-state index contributed by atoms with van der Waals surface area (Å²) in [4.78, 5) is 2.84. The summed E-state index contributed by atoms with van der Waals surface area (Å²) in [5.41, 5.74) is 11.6. The van der Waals surface area contributed by atoms with E-state index in [4.69, 9.17) is 0 Å². The van der Waals surface area contributed by atoms with Crippen LogP contribution in [0.15, 0.2) is 101 Å². The second-order valence-electron chi connectivity index (χ2n) is 13.3. The Labute approximate surface area is 301 Å². The van der Waals surface area contributed by atoms with Gasteiger partial charge in [-0.1, -0.05) is 30.3 Å². The van der Waals surface area contributed by atoms with Crippen LogP contribution in [0.1, 0.15) is 44.9 Å². The normalized spacial score (nSPS) is 11.8. The van der Waals surface area contributed by atoms with Crippen molar-refractivity contribution in [1.82, 2.24) is 0 Å². The second-order valence-corrected chi connectivity index (χ2v) is 16.1. The van der Waals surface area contributed by atoms with Crippen molar-refractivity contribution in [3.05, 3.63) is 130 Å². The van der Waals surface area contributed by atoms with Crippen molar-refractivity contribution in [3.8, 4) is 0 Å². The summed E-state index contributed by atoms with van der Waals surface area (Å²) in [6, 6.07) is 26.6. The molecule has 0 radical (unpaired) electrons. The number of nitrogens with zero attached hydrogens (tertiary/aromatic N) is 2. The van der Waals surface area contributed by atoms with Gasteiger partial charge in [0.15, 0.2) is 0 Å². The lowest BCUT2D eigenvalue weighted by Crippen LogP contribution is -2.12. The van der Waals surface area contributed by atoms with Gasteiger partial charge in [-0.15, -0.1) is 0 Å². The van der Waals surface area contributed by atoms with E-state index in [-0.39, 0.29) is 5.56 Å². The molecule has 0 saturated heterocycles. The van der Waals surface area contributed by atoms with Crippen molar-refractivity contribution in [2.75, 3.05) is 48.6 Å². The number of benzene rings is 5. The molecular weight excluding hydrogens is 685 g/mol. The zero-order chi connectivity index (χ0) is 37.4. The summed E-state index contributed by atoms with van der Waals surface area (Å²) < 4.78 is 69.4. The number of rotatable bonds is 11. The van der Waals surface area contributed by atoms with Crippen molar-refractivity contribution >= 4 is 54.4 Å². The summed E-state index contributed by atoms with van der Waals surface area (Å²) in [5.74, 6) is -0.744. The summed E-state index contributed by atoms with van der Waals surface area (Å²) in [5, 5.41) is 7.00. The Morgan fingerprint density at radius 3 is 1.22 bits per heavy atom. The minimum atomic E-state index is -4.92. The monoisotopic (exact) mass is 728 g/mol. The molecule has 0 aromatic heterocycles. The summed E-state index contributed by atoms with van der Waals surface area (Å²) in [7, 11) is -1.69. The fourth-order valence-corrected chi connectivity index (χ4v) is 7.63. The number of anilines is 6. The number of aryl methyl sites for hydroxylation is 4. The third kappa shape index (κ3) is 8.37. The Bertz CT molecular complexity index is 2150. The molecule has 4 N–H and O–H groups in total. The van der Waals surface area contributed by atoms with Gasteiger partial charge in [-0.05, 0) is 127 Å². The smallest absolute Gasteiger partial charge is 0.294 e. The molecule has 0 aliphatic carbocycles. The van der Waals surface area contributed by atoms with Crippen molar-refractivity contribution in [2.24, 2.45) is 0 Å². The lowest BCUT2D eigenvalue weighted by Gasteiger charge is -2.23. The van der Waals surface area contributed by atoms with E-state index in [1.807, 2.05) is 104 Å². The molecule has 0 spiro atoms. The third-order valence-electron chi connectivity index (χ3n) is 8.97. The third-order valence-corrected chi connectivity index (χ3v) is 10.7. The largest absolute Gasteiger partial charge is 0.378 e. The molecule has 5 rings (SSSR count). The van der Waals surface area contributed by atoms with Gasteiger partial charge in [-0.2, -0.15) is 16.8 Å². The van der Waals surface area contributed by atoms with E-state index in [1.165, 1.54) is 6.07 Å². The first kappa shape index (κ1) is 37.4. The first-order valence-electron chi connectivity index (χ1n) is 16.2. The molecule has 12 heteroatoms. The molecule has 5 aromatic rings. The van der Waals surface area contributed by atoms with Gasteiger partial charge in [-0.25, -0.2) is 0 Å². The molecule has 10 nitrogen and oxygen atoms in total. The molecule has 0 heterocycles. The predicted molar refractivity (Wildman–Crippen MR) is 207 cm³/mol. The van der Waals surface area contributed by atoms with Gasteiger partial charge in [0.2, 0.25) is 0 Å². The topological polar surface area (TPSA) is 139 Å². The molecule has 268 valence electrons. The maximum absolute atomic E-state index is 12.7. The van der Waals surface area contributed by atoms with Crippen molar-refractivity contribution in [2.45, 2.75) is 43.4 Å². The standard InChI is InChI=1S/C39H44N4O6S2/c1-24-19-32(42(5)6)20-25(2)38(24)40-30-13-9-28(10-14-30)37(35-18-17-34(50(44,45)46)23-36(35)51(47,48)49)29-11-15-31(16-12-29)41-39-26(3)21-33(43(7)8)22-27(39)4/h9-23,37,40-41H,1-8H3,(H,44,45,46)(H,47,48,49). The van der Waals surface area contributed by atoms with Gasteiger partial charge >= 0.3 is 0 Å². The predicted octanol–water partition coefficient (Wildman–Crippen LogP) is 8.21. The summed E-state index contributed by atoms with van der Waals surface area (Å²) in [6.45, 7) is 8.17. The fraction of sp³-hybridized carbons (Fsp3) is 0.231. The Morgan fingerprint density at radius 2 is 0.902 bits per heavy atom. The van der Waals surface area contributed by atoms with E-state index in [2.05, 4.69) is 44.7 Å². The average Bonchev–Trinajstić information content (AvgIpc) is 3.04. The van der Waals surface area contributed by atoms with E-state index >= 15 is 0 Å². The first-order chi connectivity index (χ1) is 23.8. The van der Waals surface area contributed by atoms with Crippen LogP contribution in [0.25, 0.3) is 0 Å². The van der Waals surface area contributed by atoms with Gasteiger partial charge in [0.1, 0.15) is 0 Å². The fourth-order valence-electron chi connectivity index (χ4n) is 6.29. The highest BCUT2D eigenvalue weighted by Crippen LogP contribution is 2.39. The quantitative estimate of drug-likeness (QED) is 0.0777. The Balaban J connectivity index is 1.58. The van der Waals surface area contributed by atoms with Crippen LogP contribution in [-0.4, -0.2) is 54.1 Å².